The van der Waals surface area contributed by atoms with Crippen molar-refractivity contribution in [2.75, 3.05) is 19.8 Å². The number of nitrogens with one attached hydrogen (secondary N) is 1. The van der Waals surface area contributed by atoms with Crippen molar-refractivity contribution >= 4 is 45.0 Å². The second-order valence-electron chi connectivity index (χ2n) is 4.12. The van der Waals surface area contributed by atoms with Crippen molar-refractivity contribution in [3.8, 4) is 0 Å². The molecule has 0 saturated carbocycles. The molecule has 2 aromatic rings. The second kappa shape index (κ2) is 5.54. The molecule has 0 bridgehead atoms. The number of nitrogens with zero attached hydrogens (tertiary/aromatic N) is 1. The first-order valence-electron chi connectivity index (χ1n) is 5.53. The molecule has 94 valence electrons. The van der Waals surface area contributed by atoms with Crippen LogP contribution >= 0.6 is 24.0 Å². The van der Waals surface area contributed by atoms with E-state index in [4.69, 9.17) is 12.2 Å². The highest BCUT2D eigenvalue weighted by atomic mass is 32.2. The Hall–Kier alpha value is -1.33. The predicted molar refractivity (Wildman–Crippen MR) is 81.4 cm³/mol. The first-order valence-corrected chi connectivity index (χ1v) is 6.92. The van der Waals surface area contributed by atoms with Crippen molar-refractivity contribution in [3.05, 3.63) is 36.0 Å². The van der Waals surface area contributed by atoms with E-state index in [9.17, 15) is 4.79 Å². The van der Waals surface area contributed by atoms with Crippen LogP contribution in [0.2, 0.25) is 0 Å². The fraction of sp³-hybridized carbons (Fsp3) is 0.231. The second-order valence-corrected chi connectivity index (χ2v) is 5.73. The lowest BCUT2D eigenvalue weighted by molar-refractivity contribution is 0.102. The Kier molecular flexibility index (Phi) is 4.04. The highest BCUT2D eigenvalue weighted by molar-refractivity contribution is 8.23. The van der Waals surface area contributed by atoms with E-state index in [0.29, 0.717) is 5.75 Å². The fourth-order valence-corrected chi connectivity index (χ4v) is 2.48. The summed E-state index contributed by atoms with van der Waals surface area (Å²) in [6.45, 7) is 0. The number of hydrogen-bond acceptors (Lipinski definition) is 3. The summed E-state index contributed by atoms with van der Waals surface area (Å²) in [6.07, 6.45) is 1.77. The molecule has 0 unspecified atom stereocenters. The number of benzene rings is 1. The normalized spacial score (nSPS) is 10.6. The summed E-state index contributed by atoms with van der Waals surface area (Å²) in [4.78, 5) is 17.1. The zero-order chi connectivity index (χ0) is 13.1. The van der Waals surface area contributed by atoms with Gasteiger partial charge in [-0.1, -0.05) is 42.2 Å². The van der Waals surface area contributed by atoms with Crippen LogP contribution in [-0.2, 0) is 0 Å². The number of thiocarbonyl (C=S) groups is 1. The smallest absolute Gasteiger partial charge is 0.175 e. The summed E-state index contributed by atoms with van der Waals surface area (Å²) < 4.78 is 0.725. The zero-order valence-corrected chi connectivity index (χ0v) is 11.9. The molecule has 1 heterocycles. The Morgan fingerprint density at radius 1 is 1.39 bits per heavy atom. The Bertz CT molecular complexity index is 589. The molecular weight excluding hydrogens is 264 g/mol. The maximum atomic E-state index is 12.1. The number of carbonyl (C=O) groups is 1. The van der Waals surface area contributed by atoms with Gasteiger partial charge in [0.15, 0.2) is 5.78 Å². The molecule has 2 rings (SSSR count). The summed E-state index contributed by atoms with van der Waals surface area (Å²) in [6, 6.07) is 7.80. The number of H-pyrrole nitrogens is 1. The van der Waals surface area contributed by atoms with E-state index in [0.717, 1.165) is 20.8 Å². The van der Waals surface area contributed by atoms with Gasteiger partial charge in [0.2, 0.25) is 0 Å². The van der Waals surface area contributed by atoms with Crippen LogP contribution in [-0.4, -0.2) is 39.8 Å². The first kappa shape index (κ1) is 13.1. The lowest BCUT2D eigenvalue weighted by Crippen LogP contribution is -2.18. The third-order valence-electron chi connectivity index (χ3n) is 2.58. The number of hydrogen-bond donors (Lipinski definition) is 1. The summed E-state index contributed by atoms with van der Waals surface area (Å²) in [5.74, 6) is 0.473. The van der Waals surface area contributed by atoms with Gasteiger partial charge in [-0.05, 0) is 6.07 Å². The summed E-state index contributed by atoms with van der Waals surface area (Å²) in [7, 11) is 3.76. The Balaban J connectivity index is 2.12. The molecule has 1 aromatic carbocycles. The average molecular weight is 278 g/mol. The van der Waals surface area contributed by atoms with Crippen molar-refractivity contribution in [3.63, 3.8) is 0 Å². The van der Waals surface area contributed by atoms with E-state index in [1.165, 1.54) is 11.8 Å². The molecule has 0 radical (unpaired) electrons. The third kappa shape index (κ3) is 2.73. The van der Waals surface area contributed by atoms with E-state index in [1.54, 1.807) is 6.20 Å². The summed E-state index contributed by atoms with van der Waals surface area (Å²) in [5.41, 5.74) is 1.72. The number of para-hydroxylation sites is 1. The monoisotopic (exact) mass is 278 g/mol. The lowest BCUT2D eigenvalue weighted by Gasteiger charge is -2.11. The van der Waals surface area contributed by atoms with Crippen LogP contribution in [0.5, 0.6) is 0 Å². The number of Topliss-reactive ketones (excluding diaryl/α,β-unsaturated/α-hetero) is 1. The number of rotatable bonds is 3. The van der Waals surface area contributed by atoms with Crippen molar-refractivity contribution < 1.29 is 4.79 Å². The zero-order valence-electron chi connectivity index (χ0n) is 10.3. The Labute approximate surface area is 116 Å². The standard InChI is InChI=1S/C13H14N2OS2/c1-15(2)13(17)18-8-12(16)10-7-14-11-6-4-3-5-9(10)11/h3-7,14H,8H2,1-2H3. The molecule has 1 aromatic heterocycles. The largest absolute Gasteiger partial charge is 0.364 e. The minimum Gasteiger partial charge on any atom is -0.364 e. The number of aromatic nitrogens is 1. The molecule has 5 heteroatoms. The van der Waals surface area contributed by atoms with E-state index in [1.807, 2.05) is 43.3 Å². The molecule has 0 aliphatic carbocycles. The van der Waals surface area contributed by atoms with Crippen LogP contribution in [0.1, 0.15) is 10.4 Å². The van der Waals surface area contributed by atoms with Crippen molar-refractivity contribution in [1.29, 1.82) is 0 Å². The highest BCUT2D eigenvalue weighted by Gasteiger charge is 2.13. The molecule has 0 aliphatic heterocycles. The molecular formula is C13H14N2OS2. The molecule has 0 spiro atoms. The predicted octanol–water partition coefficient (Wildman–Crippen LogP) is 2.93. The summed E-state index contributed by atoms with van der Waals surface area (Å²) >= 11 is 6.54. The van der Waals surface area contributed by atoms with Gasteiger partial charge in [-0.3, -0.25) is 4.79 Å². The molecule has 0 amide bonds. The van der Waals surface area contributed by atoms with E-state index >= 15 is 0 Å². The van der Waals surface area contributed by atoms with Crippen molar-refractivity contribution in [1.82, 2.24) is 9.88 Å². The van der Waals surface area contributed by atoms with Gasteiger partial charge < -0.3 is 9.88 Å². The number of aromatic amines is 1. The lowest BCUT2D eigenvalue weighted by atomic mass is 10.1. The average Bonchev–Trinajstić information content (AvgIpc) is 2.79. The number of ketones is 1. The summed E-state index contributed by atoms with van der Waals surface area (Å²) in [5, 5.41) is 0.971. The number of carbonyl (C=O) groups excluding carboxylic acids is 1. The van der Waals surface area contributed by atoms with Gasteiger partial charge >= 0.3 is 0 Å². The van der Waals surface area contributed by atoms with Crippen LogP contribution in [0.4, 0.5) is 0 Å². The van der Waals surface area contributed by atoms with Crippen LogP contribution in [0.15, 0.2) is 30.5 Å². The first-order chi connectivity index (χ1) is 8.59. The number of thioether (sulfide) groups is 1. The fourth-order valence-electron chi connectivity index (χ4n) is 1.64. The maximum absolute atomic E-state index is 12.1. The molecule has 0 saturated heterocycles. The minimum absolute atomic E-state index is 0.0988. The molecule has 3 nitrogen and oxygen atoms in total. The maximum Gasteiger partial charge on any atom is 0.175 e. The van der Waals surface area contributed by atoms with Gasteiger partial charge in [-0.2, -0.15) is 0 Å². The quantitative estimate of drug-likeness (QED) is 0.692. The molecule has 0 aliphatic rings. The van der Waals surface area contributed by atoms with Crippen LogP contribution in [0.3, 0.4) is 0 Å². The van der Waals surface area contributed by atoms with Gasteiger partial charge in [0, 0.05) is 36.8 Å². The van der Waals surface area contributed by atoms with Gasteiger partial charge in [0.1, 0.15) is 4.32 Å². The highest BCUT2D eigenvalue weighted by Crippen LogP contribution is 2.20. The van der Waals surface area contributed by atoms with E-state index < -0.39 is 0 Å². The van der Waals surface area contributed by atoms with Crippen molar-refractivity contribution in [2.45, 2.75) is 0 Å². The molecule has 1 N–H and O–H groups in total. The van der Waals surface area contributed by atoms with Crippen LogP contribution in [0.25, 0.3) is 10.9 Å². The van der Waals surface area contributed by atoms with Gasteiger partial charge in [-0.15, -0.1) is 0 Å². The SMILES string of the molecule is CN(C)C(=S)SCC(=O)c1c[nH]c2ccccc12. The van der Waals surface area contributed by atoms with Crippen molar-refractivity contribution in [2.24, 2.45) is 0 Å². The molecule has 0 atom stereocenters. The van der Waals surface area contributed by atoms with Crippen LogP contribution < -0.4 is 0 Å². The van der Waals surface area contributed by atoms with E-state index in [2.05, 4.69) is 4.98 Å². The molecule has 0 fully saturated rings. The van der Waals surface area contributed by atoms with Crippen LogP contribution in [0, 0.1) is 0 Å². The van der Waals surface area contributed by atoms with Gasteiger partial charge in [0.05, 0.1) is 5.75 Å². The Morgan fingerprint density at radius 2 is 2.11 bits per heavy atom. The number of fused-ring (bicyclic) bond motifs is 1. The molecule has 18 heavy (non-hydrogen) atoms. The van der Waals surface area contributed by atoms with Gasteiger partial charge in [0.25, 0.3) is 0 Å². The topological polar surface area (TPSA) is 36.1 Å². The Morgan fingerprint density at radius 3 is 2.83 bits per heavy atom. The van der Waals surface area contributed by atoms with Gasteiger partial charge in [-0.25, -0.2) is 0 Å². The minimum atomic E-state index is 0.0988. The van der Waals surface area contributed by atoms with E-state index in [-0.39, 0.29) is 5.78 Å². The third-order valence-corrected chi connectivity index (χ3v) is 4.32.